The summed E-state index contributed by atoms with van der Waals surface area (Å²) in [7, 11) is -0.968. The van der Waals surface area contributed by atoms with Crippen LogP contribution in [0.4, 0.5) is 8.37 Å². The summed E-state index contributed by atoms with van der Waals surface area (Å²) in [6.07, 6.45) is 4.11. The Morgan fingerprint density at radius 1 is 1.31 bits per heavy atom. The van der Waals surface area contributed by atoms with E-state index < -0.39 is 10.4 Å². The van der Waals surface area contributed by atoms with Gasteiger partial charge >= 0.3 is 10.4 Å². The van der Waals surface area contributed by atoms with Gasteiger partial charge < -0.3 is 9.80 Å². The van der Waals surface area contributed by atoms with Crippen LogP contribution in [-0.2, 0) is 10.4 Å². The van der Waals surface area contributed by atoms with Crippen LogP contribution in [0.5, 0.6) is 0 Å². The van der Waals surface area contributed by atoms with Gasteiger partial charge in [-0.05, 0) is 4.94 Å². The van der Waals surface area contributed by atoms with E-state index >= 15 is 0 Å². The van der Waals surface area contributed by atoms with E-state index in [1.54, 1.807) is 0 Å². The molecular weight excluding hydrogens is 204 g/mol. The number of hydrogen-bond acceptors (Lipinski definition) is 4. The maximum absolute atomic E-state index is 10.6. The molecule has 0 fully saturated rings. The first kappa shape index (κ1) is 12.1. The van der Waals surface area contributed by atoms with E-state index in [1.807, 2.05) is 0 Å². The Balaban J connectivity index is 0.000000226. The summed E-state index contributed by atoms with van der Waals surface area (Å²) in [5, 5.41) is 0. The number of nitrogens with zero attached hydrogens (tertiary/aromatic N) is 2. The number of hydrogen-bond donors (Lipinski definition) is 1. The van der Waals surface area contributed by atoms with Crippen LogP contribution in [0.25, 0.3) is 0 Å². The molecule has 1 heterocycles. The first-order valence-corrected chi connectivity index (χ1v) is 4.64. The molecule has 5 nitrogen and oxygen atoms in total. The summed E-state index contributed by atoms with van der Waals surface area (Å²) in [4.78, 5) is 4.16. The highest BCUT2D eigenvalue weighted by molar-refractivity contribution is 7.84. The third-order valence-corrected chi connectivity index (χ3v) is 1.30. The molecule has 13 heavy (non-hydrogen) atoms. The first-order chi connectivity index (χ1) is 5.85. The molecule has 0 saturated carbocycles. The van der Waals surface area contributed by atoms with Crippen molar-refractivity contribution in [2.75, 3.05) is 20.8 Å². The van der Waals surface area contributed by atoms with Gasteiger partial charge in [-0.25, -0.2) is 0 Å². The molecule has 0 atom stereocenters. The van der Waals surface area contributed by atoms with Crippen molar-refractivity contribution in [3.05, 3.63) is 12.4 Å². The lowest BCUT2D eigenvalue weighted by Gasteiger charge is -2.10. The van der Waals surface area contributed by atoms with Gasteiger partial charge in [0.05, 0.1) is 6.67 Å². The van der Waals surface area contributed by atoms with Gasteiger partial charge in [-0.15, -0.1) is 4.48 Å². The van der Waals surface area contributed by atoms with Crippen molar-refractivity contribution >= 4 is 10.4 Å². The lowest BCUT2D eigenvalue weighted by molar-refractivity contribution is 0.340. The molecule has 0 amide bonds. The molecule has 78 valence electrons. The van der Waals surface area contributed by atoms with Crippen molar-refractivity contribution in [1.82, 2.24) is 14.7 Å². The predicted octanol–water partition coefficient (Wildman–Crippen LogP) is -0.0329. The second-order valence-corrected chi connectivity index (χ2v) is 3.50. The highest BCUT2D eigenvalue weighted by atomic mass is 32.3. The number of nitrogens with one attached hydrogen (secondary N) is 1. The normalized spacial score (nSPS) is 15.7. The van der Waals surface area contributed by atoms with Crippen molar-refractivity contribution in [3.8, 4) is 0 Å². The van der Waals surface area contributed by atoms with Gasteiger partial charge in [0.2, 0.25) is 0 Å². The molecule has 0 aromatic heterocycles. The van der Waals surface area contributed by atoms with E-state index in [0.29, 0.717) is 0 Å². The van der Waals surface area contributed by atoms with Crippen molar-refractivity contribution in [3.63, 3.8) is 0 Å². The minimum Gasteiger partial charge on any atom is -0.362 e. The molecule has 0 bridgehead atoms. The fourth-order valence-electron chi connectivity index (χ4n) is 0.674. The summed E-state index contributed by atoms with van der Waals surface area (Å²) < 4.78 is 38.6. The lowest BCUT2D eigenvalue weighted by atomic mass is 10.9. The molecule has 8 heteroatoms. The molecule has 0 unspecified atom stereocenters. The van der Waals surface area contributed by atoms with Crippen LogP contribution < -0.4 is 4.94 Å². The van der Waals surface area contributed by atoms with Crippen molar-refractivity contribution < 1.29 is 16.8 Å². The van der Waals surface area contributed by atoms with Crippen LogP contribution in [0.1, 0.15) is 0 Å². The molecule has 0 radical (unpaired) electrons. The zero-order valence-electron chi connectivity index (χ0n) is 7.24. The quantitative estimate of drug-likeness (QED) is 0.493. The minimum absolute atomic E-state index is 0.0903. The Morgan fingerprint density at radius 3 is 1.69 bits per heavy atom. The van der Waals surface area contributed by atoms with Gasteiger partial charge in [0.1, 0.15) is 0 Å². The Labute approximate surface area is 75.9 Å². The molecule has 0 aromatic carbocycles. The van der Waals surface area contributed by atoms with Crippen molar-refractivity contribution in [1.29, 1.82) is 0 Å². The van der Waals surface area contributed by atoms with Gasteiger partial charge in [-0.1, -0.05) is 3.89 Å². The molecular formula is C5H11F2N3O2S. The van der Waals surface area contributed by atoms with Gasteiger partial charge in [0.15, 0.2) is 0 Å². The Hall–Kier alpha value is -0.890. The maximum Gasteiger partial charge on any atom is 0.398 e. The Bertz CT molecular complexity index is 257. The summed E-state index contributed by atoms with van der Waals surface area (Å²) in [5.41, 5.74) is 0. The fourth-order valence-corrected chi connectivity index (χ4v) is 0.674. The molecule has 1 aliphatic rings. The van der Waals surface area contributed by atoms with Crippen molar-refractivity contribution in [2.45, 2.75) is 0 Å². The summed E-state index contributed by atoms with van der Waals surface area (Å²) in [6.45, 7) is 1.03. The van der Waals surface area contributed by atoms with Gasteiger partial charge in [-0.2, -0.15) is 8.42 Å². The second-order valence-electron chi connectivity index (χ2n) is 2.47. The van der Waals surface area contributed by atoms with E-state index in [9.17, 15) is 8.37 Å². The van der Waals surface area contributed by atoms with Crippen LogP contribution in [0, 0.1) is 0 Å². The number of rotatable bonds is 1. The summed E-state index contributed by atoms with van der Waals surface area (Å²) in [6, 6.07) is 0. The van der Waals surface area contributed by atoms with Gasteiger partial charge in [-0.3, -0.25) is 0 Å². The molecule has 1 aliphatic heterocycles. The third kappa shape index (κ3) is 7.47. The average Bonchev–Trinajstić information content (AvgIpc) is 2.34. The van der Waals surface area contributed by atoms with Crippen LogP contribution in [0.3, 0.4) is 0 Å². The zero-order chi connectivity index (χ0) is 10.5. The number of halogens is 2. The van der Waals surface area contributed by atoms with Crippen LogP contribution in [0.15, 0.2) is 12.4 Å². The lowest BCUT2D eigenvalue weighted by Crippen LogP contribution is -2.17. The van der Waals surface area contributed by atoms with E-state index in [-0.39, 0.29) is 4.94 Å². The fraction of sp³-hybridized carbons (Fsp3) is 0.600. The highest BCUT2D eigenvalue weighted by Crippen LogP contribution is 1.97. The highest BCUT2D eigenvalue weighted by Gasteiger charge is 2.00. The average molecular weight is 215 g/mol. The Morgan fingerprint density at radius 2 is 1.62 bits per heavy atom. The second kappa shape index (κ2) is 4.97. The molecule has 0 aromatic rings. The first-order valence-electron chi connectivity index (χ1n) is 3.26. The molecule has 0 aliphatic carbocycles. The van der Waals surface area contributed by atoms with Crippen molar-refractivity contribution in [2.24, 2.45) is 0 Å². The van der Waals surface area contributed by atoms with Crippen LogP contribution in [-0.4, -0.2) is 39.0 Å². The van der Waals surface area contributed by atoms with E-state index in [2.05, 4.69) is 36.3 Å². The smallest absolute Gasteiger partial charge is 0.362 e. The summed E-state index contributed by atoms with van der Waals surface area (Å²) in [5.74, 6) is 0. The minimum atomic E-state index is -5.08. The van der Waals surface area contributed by atoms with Gasteiger partial charge in [0, 0.05) is 26.5 Å². The summed E-state index contributed by atoms with van der Waals surface area (Å²) >= 11 is 0. The topological polar surface area (TPSA) is 52.7 Å². The van der Waals surface area contributed by atoms with E-state index in [1.165, 1.54) is 0 Å². The predicted molar refractivity (Wildman–Crippen MR) is 43.8 cm³/mol. The van der Waals surface area contributed by atoms with Crippen LogP contribution >= 0.6 is 0 Å². The molecule has 0 saturated heterocycles. The maximum atomic E-state index is 10.6. The van der Waals surface area contributed by atoms with Crippen LogP contribution in [0.2, 0.25) is 0 Å². The molecule has 1 rings (SSSR count). The monoisotopic (exact) mass is 215 g/mol. The third-order valence-electron chi connectivity index (χ3n) is 1.11. The molecule has 1 N–H and O–H groups in total. The van der Waals surface area contributed by atoms with E-state index in [4.69, 9.17) is 8.42 Å². The largest absolute Gasteiger partial charge is 0.398 e. The van der Waals surface area contributed by atoms with Gasteiger partial charge in [0.25, 0.3) is 0 Å². The Kier molecular flexibility index (Phi) is 4.63. The zero-order valence-corrected chi connectivity index (χ0v) is 8.05. The molecule has 0 spiro atoms. The standard InChI is InChI=1S/C5H10N2.F2HNO2S/c1-6-3-4-7(2)5-6;1-3-6(2,4)5/h3-4H,5H2,1-2H3;3H. The van der Waals surface area contributed by atoms with E-state index in [0.717, 1.165) is 6.67 Å². The SMILES string of the molecule is CN1C=CN(C)C1.O=S(=O)(F)NF.